The fraction of sp³-hybridized carbons (Fsp3) is 0.970. The smallest absolute Gasteiger partial charge is 0.266 e. The third-order valence-electron chi connectivity index (χ3n) is 8.17. The van der Waals surface area contributed by atoms with Crippen LogP contribution in [0.1, 0.15) is 181 Å². The molecule has 246 valence electrons. The monoisotopic (exact) mass is 605 g/mol. The van der Waals surface area contributed by atoms with Crippen LogP contribution in [-0.4, -0.2) is 53.1 Å². The van der Waals surface area contributed by atoms with Crippen molar-refractivity contribution in [2.75, 3.05) is 5.75 Å². The maximum atomic E-state index is 12.5. The first-order valence-electron chi connectivity index (χ1n) is 17.3. The van der Waals surface area contributed by atoms with E-state index in [0.29, 0.717) is 12.8 Å². The minimum Gasteiger partial charge on any atom is -0.391 e. The third-order valence-corrected chi connectivity index (χ3v) is 8.95. The van der Waals surface area contributed by atoms with Gasteiger partial charge in [-0.1, -0.05) is 168 Å². The summed E-state index contributed by atoms with van der Waals surface area (Å²) in [5.41, 5.74) is 0. The molecule has 1 amide bonds. The molecule has 0 aromatic heterocycles. The maximum Gasteiger partial charge on any atom is 0.266 e. The Bertz CT molecular complexity index is 687. The van der Waals surface area contributed by atoms with Crippen LogP contribution in [0.5, 0.6) is 0 Å². The number of hydrogen-bond acceptors (Lipinski definition) is 5. The van der Waals surface area contributed by atoms with Gasteiger partial charge < -0.3 is 15.5 Å². The quantitative estimate of drug-likeness (QED) is 0.0466. The van der Waals surface area contributed by atoms with Gasteiger partial charge in [0, 0.05) is 0 Å². The van der Waals surface area contributed by atoms with Crippen molar-refractivity contribution < 1.29 is 28.0 Å². The number of aliphatic hydroxyl groups excluding tert-OH is 2. The highest BCUT2D eigenvalue weighted by Gasteiger charge is 2.28. The number of carbonyl (C=O) groups excluding carboxylic acids is 1. The third kappa shape index (κ3) is 27.9. The van der Waals surface area contributed by atoms with Crippen molar-refractivity contribution in [2.45, 2.75) is 199 Å². The van der Waals surface area contributed by atoms with Gasteiger partial charge in [0.05, 0.1) is 17.9 Å². The van der Waals surface area contributed by atoms with Gasteiger partial charge in [-0.05, 0) is 12.8 Å². The van der Waals surface area contributed by atoms with Gasteiger partial charge in [0.1, 0.15) is 6.10 Å². The first kappa shape index (κ1) is 40.3. The van der Waals surface area contributed by atoms with E-state index in [2.05, 4.69) is 19.2 Å². The van der Waals surface area contributed by atoms with E-state index in [0.717, 1.165) is 44.9 Å². The Hall–Kier alpha value is -0.700. The number of nitrogens with one attached hydrogen (secondary N) is 1. The Labute approximate surface area is 253 Å². The SMILES string of the molecule is CCCCCCCCCCCCCCCC(O)C(=O)NC(CS(=O)(=O)O)C(O)CCCCCCCCCCCCC. The molecule has 8 heteroatoms. The lowest BCUT2D eigenvalue weighted by Crippen LogP contribution is -2.50. The molecular formula is C33H67NO6S. The summed E-state index contributed by atoms with van der Waals surface area (Å²) in [5, 5.41) is 23.4. The van der Waals surface area contributed by atoms with Gasteiger partial charge in [-0.3, -0.25) is 9.35 Å². The molecule has 41 heavy (non-hydrogen) atoms. The number of carbonyl (C=O) groups is 1. The predicted molar refractivity (Wildman–Crippen MR) is 172 cm³/mol. The van der Waals surface area contributed by atoms with Crippen LogP contribution in [0, 0.1) is 0 Å². The van der Waals surface area contributed by atoms with Gasteiger partial charge >= 0.3 is 0 Å². The van der Waals surface area contributed by atoms with Gasteiger partial charge in [0.25, 0.3) is 10.1 Å². The van der Waals surface area contributed by atoms with Gasteiger partial charge in [0.2, 0.25) is 5.91 Å². The summed E-state index contributed by atoms with van der Waals surface area (Å²) >= 11 is 0. The van der Waals surface area contributed by atoms with Gasteiger partial charge in [-0.15, -0.1) is 0 Å². The molecule has 0 rings (SSSR count). The first-order valence-corrected chi connectivity index (χ1v) is 18.9. The first-order chi connectivity index (χ1) is 19.7. The maximum absolute atomic E-state index is 12.5. The molecule has 0 aliphatic rings. The minimum atomic E-state index is -4.39. The molecule has 0 aromatic carbocycles. The summed E-state index contributed by atoms with van der Waals surface area (Å²) < 4.78 is 32.3. The lowest BCUT2D eigenvalue weighted by molar-refractivity contribution is -0.131. The Kier molecular flexibility index (Phi) is 27.6. The summed E-state index contributed by atoms with van der Waals surface area (Å²) in [6.45, 7) is 4.46. The molecule has 7 nitrogen and oxygen atoms in total. The van der Waals surface area contributed by atoms with Crippen LogP contribution in [0.15, 0.2) is 0 Å². The molecule has 0 saturated heterocycles. The van der Waals surface area contributed by atoms with E-state index in [-0.39, 0.29) is 0 Å². The van der Waals surface area contributed by atoms with E-state index in [4.69, 9.17) is 0 Å². The van der Waals surface area contributed by atoms with E-state index < -0.39 is 40.0 Å². The second kappa shape index (κ2) is 28.1. The Balaban J connectivity index is 4.07. The molecule has 0 aromatic rings. The van der Waals surface area contributed by atoms with Crippen molar-refractivity contribution in [3.8, 4) is 0 Å². The van der Waals surface area contributed by atoms with Gasteiger partial charge in [-0.2, -0.15) is 8.42 Å². The molecule has 0 spiro atoms. The van der Waals surface area contributed by atoms with Crippen LogP contribution in [-0.2, 0) is 14.9 Å². The van der Waals surface area contributed by atoms with E-state index in [1.807, 2.05) is 0 Å². The van der Waals surface area contributed by atoms with Crippen LogP contribution >= 0.6 is 0 Å². The molecule has 0 aliphatic heterocycles. The Morgan fingerprint density at radius 1 is 0.561 bits per heavy atom. The molecule has 0 radical (unpaired) electrons. The van der Waals surface area contributed by atoms with Crippen LogP contribution in [0.4, 0.5) is 0 Å². The zero-order chi connectivity index (χ0) is 30.6. The Morgan fingerprint density at radius 3 is 1.22 bits per heavy atom. The highest BCUT2D eigenvalue weighted by molar-refractivity contribution is 7.85. The second-order valence-electron chi connectivity index (χ2n) is 12.3. The molecule has 0 heterocycles. The standard InChI is InChI=1S/C33H67NO6S/c1-3-5-7-9-11-13-15-16-18-20-22-24-26-28-32(36)33(37)34-30(29-41(38,39)40)31(35)27-25-23-21-19-17-14-12-10-8-6-4-2/h30-32,35-36H,3-29H2,1-2H3,(H,34,37)(H,38,39,40). The van der Waals surface area contributed by atoms with Crippen molar-refractivity contribution >= 4 is 16.0 Å². The molecule has 0 fully saturated rings. The number of hydrogen-bond donors (Lipinski definition) is 4. The summed E-state index contributed by atoms with van der Waals surface area (Å²) in [7, 11) is -4.39. The van der Waals surface area contributed by atoms with Crippen molar-refractivity contribution in [3.05, 3.63) is 0 Å². The molecule has 0 saturated carbocycles. The molecule has 3 atom stereocenters. The van der Waals surface area contributed by atoms with E-state index >= 15 is 0 Å². The highest BCUT2D eigenvalue weighted by atomic mass is 32.2. The van der Waals surface area contributed by atoms with E-state index in [9.17, 15) is 28.0 Å². The predicted octanol–water partition coefficient (Wildman–Crippen LogP) is 8.26. The number of amides is 1. The topological polar surface area (TPSA) is 124 Å². The number of rotatable bonds is 31. The molecular weight excluding hydrogens is 538 g/mol. The average Bonchev–Trinajstić information content (AvgIpc) is 2.92. The molecule has 0 aliphatic carbocycles. The summed E-state index contributed by atoms with van der Waals surface area (Å²) in [6.07, 6.45) is 26.9. The summed E-state index contributed by atoms with van der Waals surface area (Å²) in [6, 6.07) is -1.14. The summed E-state index contributed by atoms with van der Waals surface area (Å²) in [5.74, 6) is -1.45. The minimum absolute atomic E-state index is 0.302. The largest absolute Gasteiger partial charge is 0.391 e. The fourth-order valence-electron chi connectivity index (χ4n) is 5.46. The number of aliphatic hydroxyl groups is 2. The average molecular weight is 606 g/mol. The van der Waals surface area contributed by atoms with Crippen LogP contribution in [0.2, 0.25) is 0 Å². The lowest BCUT2D eigenvalue weighted by atomic mass is 10.0. The normalized spacial score (nSPS) is 14.2. The molecule has 0 bridgehead atoms. The van der Waals surface area contributed by atoms with Crippen molar-refractivity contribution in [1.82, 2.24) is 5.32 Å². The van der Waals surface area contributed by atoms with Crippen LogP contribution < -0.4 is 5.32 Å². The van der Waals surface area contributed by atoms with E-state index in [1.165, 1.54) is 109 Å². The highest BCUT2D eigenvalue weighted by Crippen LogP contribution is 2.16. The molecule has 3 unspecified atom stereocenters. The summed E-state index contributed by atoms with van der Waals surface area (Å²) in [4.78, 5) is 12.5. The zero-order valence-electron chi connectivity index (χ0n) is 26.8. The van der Waals surface area contributed by atoms with Crippen LogP contribution in [0.3, 0.4) is 0 Å². The zero-order valence-corrected chi connectivity index (χ0v) is 27.6. The fourth-order valence-corrected chi connectivity index (χ4v) is 6.22. The van der Waals surface area contributed by atoms with Gasteiger partial charge in [0.15, 0.2) is 0 Å². The van der Waals surface area contributed by atoms with Crippen molar-refractivity contribution in [3.63, 3.8) is 0 Å². The Morgan fingerprint density at radius 2 is 0.878 bits per heavy atom. The van der Waals surface area contributed by atoms with Crippen molar-refractivity contribution in [2.24, 2.45) is 0 Å². The second-order valence-corrected chi connectivity index (χ2v) is 13.8. The van der Waals surface area contributed by atoms with Crippen LogP contribution in [0.25, 0.3) is 0 Å². The van der Waals surface area contributed by atoms with Gasteiger partial charge in [-0.25, -0.2) is 0 Å². The lowest BCUT2D eigenvalue weighted by Gasteiger charge is -2.24. The van der Waals surface area contributed by atoms with Crippen molar-refractivity contribution in [1.29, 1.82) is 0 Å². The number of unbranched alkanes of at least 4 members (excludes halogenated alkanes) is 22. The van der Waals surface area contributed by atoms with E-state index in [1.54, 1.807) is 0 Å². The molecule has 4 N–H and O–H groups in total.